The average Bonchev–Trinajstić information content (AvgIpc) is 2.48. The molecule has 2 aromatic carbocycles. The summed E-state index contributed by atoms with van der Waals surface area (Å²) in [7, 11) is 0. The molecule has 2 heteroatoms. The fraction of sp³-hybridized carbons (Fsp3) is 0.235. The van der Waals surface area contributed by atoms with Gasteiger partial charge in [-0.05, 0) is 0 Å². The molecule has 0 heterocycles. The zero-order chi connectivity index (χ0) is 13.6. The number of rotatable bonds is 5. The van der Waals surface area contributed by atoms with Gasteiger partial charge in [0.2, 0.25) is 0 Å². The van der Waals surface area contributed by atoms with Gasteiger partial charge in [-0.25, -0.2) is 0 Å². The molecule has 0 aliphatic carbocycles. The number of hydrogen-bond acceptors (Lipinski definition) is 1. The van der Waals surface area contributed by atoms with Gasteiger partial charge in [-0.15, -0.1) is 0 Å². The minimum atomic E-state index is -0.245. The van der Waals surface area contributed by atoms with Gasteiger partial charge in [-0.3, -0.25) is 0 Å². The first-order chi connectivity index (χ1) is 9.24. The monoisotopic (exact) mass is 365 g/mol. The van der Waals surface area contributed by atoms with Crippen LogP contribution in [0.1, 0.15) is 18.9 Å². The molecule has 19 heavy (non-hydrogen) atoms. The summed E-state index contributed by atoms with van der Waals surface area (Å²) in [6.07, 6.45) is 0.592. The van der Waals surface area contributed by atoms with E-state index in [1.165, 1.54) is 9.17 Å². The quantitative estimate of drug-likeness (QED) is 0.749. The molecular formula is C17H17NTe. The third-order valence-corrected chi connectivity index (χ3v) is 7.20. The Labute approximate surface area is 125 Å². The van der Waals surface area contributed by atoms with Crippen molar-refractivity contribution in [3.8, 4) is 6.07 Å². The molecule has 0 amide bonds. The average molecular weight is 363 g/mol. The zero-order valence-corrected chi connectivity index (χ0v) is 13.4. The van der Waals surface area contributed by atoms with Crippen molar-refractivity contribution in [2.24, 2.45) is 0 Å². The molecule has 1 unspecified atom stereocenters. The Hall–Kier alpha value is -1.28. The SMILES string of the molecule is CC(CC#N)(C[Te]c1ccccc1)c1ccccc1. The van der Waals surface area contributed by atoms with Crippen LogP contribution < -0.4 is 3.61 Å². The van der Waals surface area contributed by atoms with Gasteiger partial charge >= 0.3 is 125 Å². The maximum absolute atomic E-state index is 9.12. The molecule has 0 bridgehead atoms. The van der Waals surface area contributed by atoms with E-state index in [1.54, 1.807) is 0 Å². The van der Waals surface area contributed by atoms with E-state index in [0.717, 1.165) is 4.47 Å². The second kappa shape index (κ2) is 6.76. The van der Waals surface area contributed by atoms with E-state index in [4.69, 9.17) is 5.26 Å². The molecule has 0 aliphatic heterocycles. The molecule has 0 radical (unpaired) electrons. The van der Waals surface area contributed by atoms with Crippen LogP contribution in [0.4, 0.5) is 0 Å². The topological polar surface area (TPSA) is 23.8 Å². The van der Waals surface area contributed by atoms with E-state index in [1.807, 2.05) is 6.07 Å². The molecule has 0 N–H and O–H groups in total. The van der Waals surface area contributed by atoms with Gasteiger partial charge < -0.3 is 0 Å². The Morgan fingerprint density at radius 1 is 1.00 bits per heavy atom. The molecule has 0 saturated carbocycles. The van der Waals surface area contributed by atoms with Crippen LogP contribution in [0.15, 0.2) is 60.7 Å². The third kappa shape index (κ3) is 3.84. The van der Waals surface area contributed by atoms with E-state index >= 15 is 0 Å². The van der Waals surface area contributed by atoms with Crippen molar-refractivity contribution in [3.63, 3.8) is 0 Å². The van der Waals surface area contributed by atoms with Crippen LogP contribution in [0, 0.1) is 11.3 Å². The summed E-state index contributed by atoms with van der Waals surface area (Å²) in [4.78, 5) is 0. The fourth-order valence-electron chi connectivity index (χ4n) is 2.01. The first-order valence-electron chi connectivity index (χ1n) is 6.35. The van der Waals surface area contributed by atoms with Gasteiger partial charge in [0.15, 0.2) is 0 Å². The first-order valence-corrected chi connectivity index (χ1v) is 9.16. The summed E-state index contributed by atoms with van der Waals surface area (Å²) in [5, 5.41) is 9.12. The summed E-state index contributed by atoms with van der Waals surface area (Å²) < 4.78 is 2.59. The van der Waals surface area contributed by atoms with Crippen molar-refractivity contribution in [3.05, 3.63) is 66.2 Å². The van der Waals surface area contributed by atoms with Crippen molar-refractivity contribution in [2.75, 3.05) is 0 Å². The van der Waals surface area contributed by atoms with Crippen LogP contribution >= 0.6 is 0 Å². The molecule has 2 rings (SSSR count). The number of nitriles is 1. The summed E-state index contributed by atoms with van der Waals surface area (Å²) in [6, 6.07) is 23.5. The van der Waals surface area contributed by atoms with E-state index in [0.29, 0.717) is 6.42 Å². The normalized spacial score (nSPS) is 13.5. The van der Waals surface area contributed by atoms with Crippen molar-refractivity contribution in [2.45, 2.75) is 23.2 Å². The maximum atomic E-state index is 9.12. The minimum absolute atomic E-state index is 0.00586. The fourth-order valence-corrected chi connectivity index (χ4v) is 5.16. The van der Waals surface area contributed by atoms with Gasteiger partial charge in [0.1, 0.15) is 0 Å². The van der Waals surface area contributed by atoms with Crippen LogP contribution in [0.25, 0.3) is 0 Å². The zero-order valence-electron chi connectivity index (χ0n) is 11.0. The molecular weight excluding hydrogens is 346 g/mol. The number of benzene rings is 2. The number of hydrogen-bond donors (Lipinski definition) is 0. The van der Waals surface area contributed by atoms with E-state index in [2.05, 4.69) is 67.6 Å². The van der Waals surface area contributed by atoms with Gasteiger partial charge in [-0.2, -0.15) is 0 Å². The first kappa shape index (κ1) is 14.1. The van der Waals surface area contributed by atoms with E-state index < -0.39 is 0 Å². The summed E-state index contributed by atoms with van der Waals surface area (Å²) in [6.45, 7) is 2.22. The van der Waals surface area contributed by atoms with Crippen LogP contribution in [0.3, 0.4) is 0 Å². The second-order valence-corrected chi connectivity index (χ2v) is 7.86. The van der Waals surface area contributed by atoms with Gasteiger partial charge in [0.25, 0.3) is 0 Å². The Balaban J connectivity index is 2.15. The van der Waals surface area contributed by atoms with Crippen LogP contribution in [-0.4, -0.2) is 20.9 Å². The van der Waals surface area contributed by atoms with Gasteiger partial charge in [0, 0.05) is 0 Å². The molecule has 2 aromatic rings. The van der Waals surface area contributed by atoms with Gasteiger partial charge in [0.05, 0.1) is 0 Å². The van der Waals surface area contributed by atoms with Crippen molar-refractivity contribution < 1.29 is 0 Å². The predicted molar refractivity (Wildman–Crippen MR) is 80.7 cm³/mol. The van der Waals surface area contributed by atoms with Crippen molar-refractivity contribution in [1.82, 2.24) is 0 Å². The Morgan fingerprint density at radius 3 is 2.16 bits per heavy atom. The third-order valence-electron chi connectivity index (χ3n) is 3.24. The number of nitrogens with zero attached hydrogens (tertiary/aromatic N) is 1. The van der Waals surface area contributed by atoms with E-state index in [-0.39, 0.29) is 26.3 Å². The second-order valence-electron chi connectivity index (χ2n) is 4.86. The van der Waals surface area contributed by atoms with Gasteiger partial charge in [-0.1, -0.05) is 0 Å². The molecule has 1 nitrogen and oxygen atoms in total. The summed E-state index contributed by atoms with van der Waals surface area (Å²) in [5.74, 6) is 0. The van der Waals surface area contributed by atoms with E-state index in [9.17, 15) is 0 Å². The molecule has 96 valence electrons. The predicted octanol–water partition coefficient (Wildman–Crippen LogP) is 3.31. The van der Waals surface area contributed by atoms with Crippen molar-refractivity contribution >= 4 is 24.5 Å². The van der Waals surface area contributed by atoms with Crippen molar-refractivity contribution in [1.29, 1.82) is 5.26 Å². The molecule has 0 saturated heterocycles. The van der Waals surface area contributed by atoms with Crippen LogP contribution in [-0.2, 0) is 5.41 Å². The molecule has 0 fully saturated rings. The summed E-state index contributed by atoms with van der Waals surface area (Å²) in [5.41, 5.74) is 1.28. The molecule has 0 spiro atoms. The van der Waals surface area contributed by atoms with Crippen LogP contribution in [0.2, 0.25) is 4.47 Å². The molecule has 0 aliphatic rings. The Kier molecular flexibility index (Phi) is 5.03. The van der Waals surface area contributed by atoms with Crippen LogP contribution in [0.5, 0.6) is 0 Å². The molecule has 1 atom stereocenters. The summed E-state index contributed by atoms with van der Waals surface area (Å²) >= 11 is -0.245. The standard InChI is InChI=1S/C17H17NTe/c1-17(12-13-18,15-8-4-2-5-9-15)14-19-16-10-6-3-7-11-16/h2-11H,12,14H2,1H3. The Bertz CT molecular complexity index is 544. The molecule has 0 aromatic heterocycles. The Morgan fingerprint density at radius 2 is 1.58 bits per heavy atom.